The molecule has 5 N–H and O–H groups in total. The molecule has 17 nitrogen and oxygen atoms in total. The molecule has 55 heavy (non-hydrogen) atoms. The van der Waals surface area contributed by atoms with Crippen LogP contribution in [0.4, 0.5) is 16.3 Å². The first kappa shape index (κ1) is 44.5. The monoisotopic (exact) mass is 788 g/mol. The summed E-state index contributed by atoms with van der Waals surface area (Å²) in [6.45, 7) is 11.3. The third-order valence-electron chi connectivity index (χ3n) is 7.06. The van der Waals surface area contributed by atoms with Gasteiger partial charge in [-0.05, 0) is 59.7 Å². The second-order valence-electron chi connectivity index (χ2n) is 14.1. The number of ether oxygens (including phenoxy) is 5. The topological polar surface area (TPSA) is 231 Å². The van der Waals surface area contributed by atoms with Gasteiger partial charge in [0, 0.05) is 24.7 Å². The maximum atomic E-state index is 13.7. The van der Waals surface area contributed by atoms with Crippen molar-refractivity contribution >= 4 is 39.5 Å². The van der Waals surface area contributed by atoms with Gasteiger partial charge in [0.15, 0.2) is 11.5 Å². The van der Waals surface area contributed by atoms with Crippen LogP contribution in [0.15, 0.2) is 53.6 Å². The molecule has 0 aliphatic heterocycles. The molecule has 3 rings (SSSR count). The Kier molecular flexibility index (Phi) is 16.3. The molecule has 0 fully saturated rings. The highest BCUT2D eigenvalue weighted by atomic mass is 32.2. The van der Waals surface area contributed by atoms with Crippen LogP contribution in [-0.4, -0.2) is 111 Å². The molecule has 2 amide bonds. The van der Waals surface area contributed by atoms with Gasteiger partial charge in [-0.1, -0.05) is 24.3 Å². The quantitative estimate of drug-likeness (QED) is 0.100. The van der Waals surface area contributed by atoms with Gasteiger partial charge in [-0.3, -0.25) is 9.59 Å². The van der Waals surface area contributed by atoms with Crippen molar-refractivity contribution in [2.75, 3.05) is 64.3 Å². The summed E-state index contributed by atoms with van der Waals surface area (Å²) in [6.07, 6.45) is 0.656. The van der Waals surface area contributed by atoms with E-state index in [1.165, 1.54) is 35.4 Å². The average Bonchev–Trinajstić information content (AvgIpc) is 3.09. The van der Waals surface area contributed by atoms with Crippen LogP contribution in [0.25, 0.3) is 11.3 Å². The molecule has 0 atom stereocenters. The van der Waals surface area contributed by atoms with Crippen molar-refractivity contribution < 1.29 is 51.6 Å². The lowest BCUT2D eigenvalue weighted by molar-refractivity contribution is -0.154. The van der Waals surface area contributed by atoms with Crippen LogP contribution in [0.2, 0.25) is 0 Å². The molecule has 1 aromatic heterocycles. The van der Waals surface area contributed by atoms with Gasteiger partial charge < -0.3 is 44.7 Å². The number of rotatable bonds is 19. The number of esters is 1. The van der Waals surface area contributed by atoms with Crippen molar-refractivity contribution in [3.63, 3.8) is 0 Å². The second-order valence-corrected chi connectivity index (χ2v) is 15.9. The van der Waals surface area contributed by atoms with Gasteiger partial charge in [0.2, 0.25) is 10.0 Å². The molecule has 0 unspecified atom stereocenters. The first-order valence-corrected chi connectivity index (χ1v) is 19.0. The van der Waals surface area contributed by atoms with E-state index < -0.39 is 39.2 Å². The highest BCUT2D eigenvalue weighted by molar-refractivity contribution is 7.89. The van der Waals surface area contributed by atoms with Crippen molar-refractivity contribution in [3.05, 3.63) is 59.9 Å². The Balaban J connectivity index is 1.79. The molecule has 0 saturated carbocycles. The molecule has 302 valence electrons. The Morgan fingerprint density at radius 3 is 2.16 bits per heavy atom. The number of hydrogen-bond donors (Lipinski definition) is 4. The molecule has 0 aliphatic carbocycles. The third-order valence-corrected chi connectivity index (χ3v) is 8.53. The van der Waals surface area contributed by atoms with Crippen molar-refractivity contribution in [1.29, 1.82) is 0 Å². The number of anilines is 2. The molecular formula is C37H52N6O11S. The maximum absolute atomic E-state index is 13.7. The smallest absolute Gasteiger partial charge is 0.410 e. The molecule has 18 heteroatoms. The number of hydrogen-bond acceptors (Lipinski definition) is 14. The normalized spacial score (nSPS) is 11.9. The summed E-state index contributed by atoms with van der Waals surface area (Å²) < 4.78 is 55.6. The minimum absolute atomic E-state index is 0.0491. The van der Waals surface area contributed by atoms with Crippen LogP contribution >= 0.6 is 0 Å². The van der Waals surface area contributed by atoms with Crippen LogP contribution in [0.1, 0.15) is 64.0 Å². The first-order chi connectivity index (χ1) is 25.8. The van der Waals surface area contributed by atoms with E-state index in [2.05, 4.69) is 20.0 Å². The predicted molar refractivity (Wildman–Crippen MR) is 204 cm³/mol. The number of aliphatic hydroxyl groups is 1. The Labute approximate surface area is 321 Å². The van der Waals surface area contributed by atoms with Crippen molar-refractivity contribution in [2.45, 2.75) is 70.6 Å². The highest BCUT2D eigenvalue weighted by Gasteiger charge is 2.24. The number of sulfonamides is 1. The lowest BCUT2D eigenvalue weighted by atomic mass is 10.1. The fourth-order valence-corrected chi connectivity index (χ4v) is 5.71. The Morgan fingerprint density at radius 1 is 0.891 bits per heavy atom. The van der Waals surface area contributed by atoms with Gasteiger partial charge >= 0.3 is 12.1 Å². The van der Waals surface area contributed by atoms with Crippen LogP contribution in [0.5, 0.6) is 5.75 Å². The number of aromatic nitrogens is 2. The lowest BCUT2D eigenvalue weighted by Crippen LogP contribution is -2.34. The summed E-state index contributed by atoms with van der Waals surface area (Å²) in [7, 11) is -2.37. The number of carbonyl (C=O) groups excluding carboxylic acids is 3. The number of nitrogen functional groups attached to an aromatic ring is 1. The predicted octanol–water partition coefficient (Wildman–Crippen LogP) is 3.76. The summed E-state index contributed by atoms with van der Waals surface area (Å²) in [5.74, 6) is -1.13. The summed E-state index contributed by atoms with van der Waals surface area (Å²) in [5.41, 5.74) is 6.00. The van der Waals surface area contributed by atoms with E-state index >= 15 is 0 Å². The minimum atomic E-state index is -3.95. The van der Waals surface area contributed by atoms with Crippen LogP contribution < -0.4 is 20.5 Å². The van der Waals surface area contributed by atoms with Crippen molar-refractivity contribution in [1.82, 2.24) is 19.6 Å². The zero-order valence-corrected chi connectivity index (χ0v) is 33.2. The maximum Gasteiger partial charge on any atom is 0.410 e. The average molecular weight is 789 g/mol. The SMILES string of the molecule is CN(Cc1cccc(NC(=O)c2nc(-c3ccc(S(=O)(=O)NCCC(=O)OC(C)(C)C)cc3)cnc2N)c1OCCOCCOCCO)C(=O)OC(C)(C)C. The zero-order chi connectivity index (χ0) is 40.8. The molecule has 0 aliphatic rings. The number of nitrogens with two attached hydrogens (primary N) is 1. The Morgan fingerprint density at radius 2 is 1.53 bits per heavy atom. The summed E-state index contributed by atoms with van der Waals surface area (Å²) in [4.78, 5) is 48.3. The Hall–Kier alpha value is -4.88. The van der Waals surface area contributed by atoms with E-state index in [0.717, 1.165) is 0 Å². The standard InChI is InChI=1S/C37H52N6O11S/c1-36(2,3)53-30(45)15-16-40-55(48,49)27-13-11-25(12-14-27)29-23-39-33(38)31(41-29)34(46)42-28-10-8-9-26(24-43(7)35(47)54-37(4,5)6)32(28)52-22-21-51-20-19-50-18-17-44/h8-14,23,40,44H,15-22,24H2,1-7H3,(H2,38,39)(H,42,46). The van der Waals surface area contributed by atoms with E-state index in [9.17, 15) is 22.8 Å². The third kappa shape index (κ3) is 15.1. The van der Waals surface area contributed by atoms with Gasteiger partial charge in [-0.2, -0.15) is 0 Å². The number of nitrogens with one attached hydrogen (secondary N) is 2. The number of amides is 2. The minimum Gasteiger partial charge on any atom is -0.489 e. The molecule has 0 bridgehead atoms. The summed E-state index contributed by atoms with van der Waals surface area (Å²) in [5, 5.41) is 11.6. The van der Waals surface area contributed by atoms with Crippen LogP contribution in [-0.2, 0) is 40.3 Å². The number of nitrogens with zero attached hydrogens (tertiary/aromatic N) is 3. The van der Waals surface area contributed by atoms with E-state index in [-0.39, 0.29) is 86.1 Å². The highest BCUT2D eigenvalue weighted by Crippen LogP contribution is 2.31. The number of carbonyl (C=O) groups is 3. The van der Waals surface area contributed by atoms with E-state index in [4.69, 9.17) is 34.5 Å². The molecule has 0 saturated heterocycles. The Bertz CT molecular complexity index is 1860. The largest absolute Gasteiger partial charge is 0.489 e. The van der Waals surface area contributed by atoms with E-state index in [1.54, 1.807) is 66.8 Å². The summed E-state index contributed by atoms with van der Waals surface area (Å²) >= 11 is 0. The van der Waals surface area contributed by atoms with Gasteiger partial charge in [0.05, 0.1) is 68.5 Å². The van der Waals surface area contributed by atoms with Crippen LogP contribution in [0, 0.1) is 0 Å². The van der Waals surface area contributed by atoms with Crippen molar-refractivity contribution in [2.24, 2.45) is 0 Å². The molecule has 1 heterocycles. The van der Waals surface area contributed by atoms with Gasteiger partial charge in [0.1, 0.15) is 23.6 Å². The van der Waals surface area contributed by atoms with Crippen LogP contribution in [0.3, 0.4) is 0 Å². The van der Waals surface area contributed by atoms with E-state index in [1.807, 2.05) is 0 Å². The zero-order valence-electron chi connectivity index (χ0n) is 32.3. The number of benzene rings is 2. The molecular weight excluding hydrogens is 737 g/mol. The number of aliphatic hydroxyl groups excluding tert-OH is 1. The van der Waals surface area contributed by atoms with Gasteiger partial charge in [0.25, 0.3) is 5.91 Å². The second kappa shape index (κ2) is 20.2. The molecule has 0 spiro atoms. The fourth-order valence-electron chi connectivity index (χ4n) is 4.68. The van der Waals surface area contributed by atoms with Gasteiger partial charge in [-0.25, -0.2) is 27.9 Å². The molecule has 2 aromatic carbocycles. The molecule has 3 aromatic rings. The lowest BCUT2D eigenvalue weighted by Gasteiger charge is -2.25. The summed E-state index contributed by atoms with van der Waals surface area (Å²) in [6, 6.07) is 10.8. The fraction of sp³-hybridized carbons (Fsp3) is 0.486. The molecule has 0 radical (unpaired) electrons. The number of para-hydroxylation sites is 1. The van der Waals surface area contributed by atoms with Crippen molar-refractivity contribution in [3.8, 4) is 17.0 Å². The van der Waals surface area contributed by atoms with Gasteiger partial charge in [-0.15, -0.1) is 0 Å². The first-order valence-electron chi connectivity index (χ1n) is 17.5. The van der Waals surface area contributed by atoms with E-state index in [0.29, 0.717) is 17.7 Å².